The quantitative estimate of drug-likeness (QED) is 0.648. The first kappa shape index (κ1) is 14.2. The lowest BCUT2D eigenvalue weighted by Gasteiger charge is -2.35. The van der Waals surface area contributed by atoms with Crippen LogP contribution in [0.2, 0.25) is 0 Å². The van der Waals surface area contributed by atoms with Crippen molar-refractivity contribution in [2.75, 3.05) is 29.9 Å². The van der Waals surface area contributed by atoms with E-state index in [0.29, 0.717) is 31.4 Å². The third kappa shape index (κ3) is 3.01. The largest absolute Gasteiger partial charge is 0.312 e. The summed E-state index contributed by atoms with van der Waals surface area (Å²) in [6.07, 6.45) is 0. The molecular weight excluding hydrogens is 292 g/mol. The molecule has 2 N–H and O–H groups in total. The number of anilines is 1. The molecule has 100 valence electrons. The van der Waals surface area contributed by atoms with Crippen molar-refractivity contribution in [2.24, 2.45) is 0 Å². The molecule has 1 aliphatic heterocycles. The van der Waals surface area contributed by atoms with Crippen LogP contribution < -0.4 is 10.2 Å². The summed E-state index contributed by atoms with van der Waals surface area (Å²) in [6.45, 7) is 1.66. The highest BCUT2D eigenvalue weighted by Gasteiger charge is 2.33. The molecule has 1 aliphatic rings. The van der Waals surface area contributed by atoms with E-state index in [9.17, 15) is 4.57 Å². The normalized spacial score (nSPS) is 22.6. The summed E-state index contributed by atoms with van der Waals surface area (Å²) in [7, 11) is -2.82. The highest BCUT2D eigenvalue weighted by molar-refractivity contribution is 7.61. The second-order valence-electron chi connectivity index (χ2n) is 4.01. The van der Waals surface area contributed by atoms with Crippen LogP contribution in [0.1, 0.15) is 5.56 Å². The van der Waals surface area contributed by atoms with Gasteiger partial charge in [0.2, 0.25) is 0 Å². The zero-order chi connectivity index (χ0) is 13.0. The number of hydrogen-bond acceptors (Lipinski definition) is 1. The van der Waals surface area contributed by atoms with Gasteiger partial charge in [0, 0.05) is 37.1 Å². The van der Waals surface area contributed by atoms with Crippen molar-refractivity contribution < 1.29 is 4.57 Å². The highest BCUT2D eigenvalue weighted by Crippen LogP contribution is 2.48. The molecular formula is C11H16Cl2N3OP. The van der Waals surface area contributed by atoms with Gasteiger partial charge in [-0.15, -0.1) is 23.2 Å². The number of hydrogen-bond donors (Lipinski definition) is 2. The molecule has 18 heavy (non-hydrogen) atoms. The molecule has 0 saturated heterocycles. The van der Waals surface area contributed by atoms with E-state index >= 15 is 0 Å². The van der Waals surface area contributed by atoms with Gasteiger partial charge < -0.3 is 5.09 Å². The van der Waals surface area contributed by atoms with Crippen molar-refractivity contribution in [3.8, 4) is 0 Å². The predicted octanol–water partition coefficient (Wildman–Crippen LogP) is 3.09. The number of nitrogens with one attached hydrogen (secondary N) is 2. The minimum atomic E-state index is -2.82. The maximum Gasteiger partial charge on any atom is 0.306 e. The summed E-state index contributed by atoms with van der Waals surface area (Å²) in [6, 6.07) is 7.83. The van der Waals surface area contributed by atoms with Crippen molar-refractivity contribution in [1.29, 1.82) is 0 Å². The Kier molecular flexibility index (Phi) is 4.93. The lowest BCUT2D eigenvalue weighted by atomic mass is 10.2. The number of fused-ring (bicyclic) bond motifs is 1. The second kappa shape index (κ2) is 6.27. The van der Waals surface area contributed by atoms with Gasteiger partial charge in [-0.2, -0.15) is 0 Å². The first-order valence-corrected chi connectivity index (χ1v) is 8.51. The van der Waals surface area contributed by atoms with Crippen LogP contribution in [-0.4, -0.2) is 29.5 Å². The van der Waals surface area contributed by atoms with Crippen molar-refractivity contribution in [3.05, 3.63) is 29.8 Å². The molecule has 1 aromatic carbocycles. The van der Waals surface area contributed by atoms with Gasteiger partial charge in [0.1, 0.15) is 0 Å². The smallest absolute Gasteiger partial charge is 0.306 e. The molecule has 1 heterocycles. The van der Waals surface area contributed by atoms with E-state index in [1.807, 2.05) is 24.3 Å². The average molecular weight is 308 g/mol. The van der Waals surface area contributed by atoms with Gasteiger partial charge in [0.05, 0.1) is 0 Å². The molecule has 2 rings (SSSR count). The SMILES string of the molecule is O=[P@@]1(N(CCCl)CCCl)NCc2ccccc2N1. The zero-order valence-electron chi connectivity index (χ0n) is 9.90. The molecule has 0 amide bonds. The van der Waals surface area contributed by atoms with E-state index in [0.717, 1.165) is 11.3 Å². The van der Waals surface area contributed by atoms with E-state index in [1.54, 1.807) is 4.67 Å². The number of halogens is 2. The average Bonchev–Trinajstić information content (AvgIpc) is 2.38. The second-order valence-corrected chi connectivity index (χ2v) is 7.02. The Balaban J connectivity index is 2.20. The van der Waals surface area contributed by atoms with E-state index in [-0.39, 0.29) is 0 Å². The van der Waals surface area contributed by atoms with E-state index in [2.05, 4.69) is 10.2 Å². The van der Waals surface area contributed by atoms with Crippen LogP contribution >= 0.6 is 30.8 Å². The van der Waals surface area contributed by atoms with Gasteiger partial charge in [0.15, 0.2) is 0 Å². The zero-order valence-corrected chi connectivity index (χ0v) is 12.3. The third-order valence-electron chi connectivity index (χ3n) is 2.86. The summed E-state index contributed by atoms with van der Waals surface area (Å²) >= 11 is 11.5. The molecule has 7 heteroatoms. The summed E-state index contributed by atoms with van der Waals surface area (Å²) in [5.74, 6) is 0.845. The molecule has 0 aromatic heterocycles. The summed E-state index contributed by atoms with van der Waals surface area (Å²) in [5.41, 5.74) is 2.02. The Labute approximate surface area is 117 Å². The molecule has 0 bridgehead atoms. The molecule has 0 spiro atoms. The minimum Gasteiger partial charge on any atom is -0.312 e. The van der Waals surface area contributed by atoms with Crippen LogP contribution in [0.5, 0.6) is 0 Å². The topological polar surface area (TPSA) is 44.4 Å². The number of rotatable bonds is 5. The van der Waals surface area contributed by atoms with E-state index in [1.165, 1.54) is 0 Å². The van der Waals surface area contributed by atoms with Crippen molar-refractivity contribution in [1.82, 2.24) is 9.76 Å². The van der Waals surface area contributed by atoms with E-state index < -0.39 is 7.59 Å². The molecule has 0 unspecified atom stereocenters. The highest BCUT2D eigenvalue weighted by atomic mass is 35.5. The standard InChI is InChI=1S/C11H16Cl2N3OP/c12-5-7-16(8-6-13)18(17)14-9-10-3-1-2-4-11(10)15-18/h1-4H,5-9H2,(H2,14,15,17)/t18-/m0/s1. The van der Waals surface area contributed by atoms with Crippen LogP contribution in [0, 0.1) is 0 Å². The van der Waals surface area contributed by atoms with Crippen molar-refractivity contribution in [2.45, 2.75) is 6.54 Å². The predicted molar refractivity (Wildman–Crippen MR) is 77.5 cm³/mol. The van der Waals surface area contributed by atoms with E-state index in [4.69, 9.17) is 23.2 Å². The first-order chi connectivity index (χ1) is 8.69. The van der Waals surface area contributed by atoms with Crippen LogP contribution in [0.25, 0.3) is 0 Å². The molecule has 1 aromatic rings. The fourth-order valence-corrected chi connectivity index (χ4v) is 4.69. The number of alkyl halides is 2. The Morgan fingerprint density at radius 1 is 1.22 bits per heavy atom. The van der Waals surface area contributed by atoms with Crippen molar-refractivity contribution in [3.63, 3.8) is 0 Å². The van der Waals surface area contributed by atoms with Gasteiger partial charge in [-0.3, -0.25) is 4.57 Å². The Morgan fingerprint density at radius 3 is 2.56 bits per heavy atom. The maximum atomic E-state index is 12.9. The molecule has 0 saturated carbocycles. The van der Waals surface area contributed by atoms with Gasteiger partial charge in [0.25, 0.3) is 0 Å². The third-order valence-corrected chi connectivity index (χ3v) is 5.52. The monoisotopic (exact) mass is 307 g/mol. The molecule has 0 fully saturated rings. The lowest BCUT2D eigenvalue weighted by Crippen LogP contribution is -2.36. The van der Waals surface area contributed by atoms with Crippen LogP contribution in [-0.2, 0) is 11.1 Å². The van der Waals surface area contributed by atoms with Gasteiger partial charge >= 0.3 is 7.59 Å². The minimum absolute atomic E-state index is 0.423. The summed E-state index contributed by atoms with van der Waals surface area (Å²) < 4.78 is 14.7. The first-order valence-electron chi connectivity index (χ1n) is 5.78. The molecule has 0 radical (unpaired) electrons. The van der Waals surface area contributed by atoms with Crippen LogP contribution in [0.15, 0.2) is 24.3 Å². The number of para-hydroxylation sites is 1. The fraction of sp³-hybridized carbons (Fsp3) is 0.455. The summed E-state index contributed by atoms with van der Waals surface area (Å²) in [4.78, 5) is 0. The molecule has 1 atom stereocenters. The number of nitrogens with zero attached hydrogens (tertiary/aromatic N) is 1. The number of benzene rings is 1. The van der Waals surface area contributed by atoms with Gasteiger partial charge in [-0.05, 0) is 11.6 Å². The molecule has 0 aliphatic carbocycles. The Morgan fingerprint density at radius 2 is 1.89 bits per heavy atom. The van der Waals surface area contributed by atoms with Gasteiger partial charge in [-0.25, -0.2) is 9.76 Å². The summed E-state index contributed by atoms with van der Waals surface area (Å²) in [5, 5.41) is 6.17. The Bertz CT molecular complexity index is 452. The maximum absolute atomic E-state index is 12.9. The fourth-order valence-electron chi connectivity index (χ4n) is 1.94. The van der Waals surface area contributed by atoms with Crippen molar-refractivity contribution >= 4 is 36.5 Å². The van der Waals surface area contributed by atoms with Gasteiger partial charge in [-0.1, -0.05) is 18.2 Å². The van der Waals surface area contributed by atoms with Crippen LogP contribution in [0.3, 0.4) is 0 Å². The lowest BCUT2D eigenvalue weighted by molar-refractivity contribution is 0.437. The Hall–Kier alpha value is -0.250. The molecule has 4 nitrogen and oxygen atoms in total. The van der Waals surface area contributed by atoms with Crippen LogP contribution in [0.4, 0.5) is 5.69 Å².